The summed E-state index contributed by atoms with van der Waals surface area (Å²) >= 11 is 0. The average molecular weight is 577 g/mol. The highest BCUT2D eigenvalue weighted by Gasteiger charge is 2.48. The standard InChI is InChI=1S/C32H37N3O7/c1-31(2)21-17-19(29(40)33-5)9-11-23(21)34(15-13-27(36)37)25(31)7-6-8-26-32(3,4)22-18-20(30(41)42)10-12-24(22)35(26)16-14-28(38)39/h6-12,17-18,26H,13-16H2,1-5H3,(H,33,40)(H,36,37)(H,38,39)(H,41,42)/p+1/b8-6+,25-7+. The molecular weight excluding hydrogens is 538 g/mol. The van der Waals surface area contributed by atoms with E-state index < -0.39 is 28.7 Å². The Balaban J connectivity index is 1.76. The van der Waals surface area contributed by atoms with E-state index in [4.69, 9.17) is 0 Å². The van der Waals surface area contributed by atoms with Crippen LogP contribution in [0, 0.1) is 0 Å². The van der Waals surface area contributed by atoms with Crippen molar-refractivity contribution in [2.24, 2.45) is 0 Å². The summed E-state index contributed by atoms with van der Waals surface area (Å²) in [6.07, 6.45) is 5.79. The average Bonchev–Trinajstić information content (AvgIpc) is 3.27. The predicted molar refractivity (Wildman–Crippen MR) is 158 cm³/mol. The number of rotatable bonds is 10. The molecular formula is C32H38N3O7+. The molecule has 2 atom stereocenters. The maximum absolute atomic E-state index is 12.4. The summed E-state index contributed by atoms with van der Waals surface area (Å²) in [6.45, 7) is 8.71. The van der Waals surface area contributed by atoms with Gasteiger partial charge in [0.1, 0.15) is 11.7 Å². The molecule has 222 valence electrons. The molecule has 0 fully saturated rings. The van der Waals surface area contributed by atoms with Gasteiger partial charge in [0.15, 0.2) is 0 Å². The third-order valence-electron chi connectivity index (χ3n) is 8.56. The molecule has 5 N–H and O–H groups in total. The van der Waals surface area contributed by atoms with E-state index in [1.807, 2.05) is 63.0 Å². The summed E-state index contributed by atoms with van der Waals surface area (Å²) in [5.74, 6) is -3.05. The lowest BCUT2D eigenvalue weighted by Gasteiger charge is -2.28. The van der Waals surface area contributed by atoms with Gasteiger partial charge in [0.05, 0.1) is 30.4 Å². The fraction of sp³-hybridized carbons (Fsp3) is 0.375. The first-order valence-electron chi connectivity index (χ1n) is 13.9. The summed E-state index contributed by atoms with van der Waals surface area (Å²) in [7, 11) is 1.57. The molecule has 10 nitrogen and oxygen atoms in total. The van der Waals surface area contributed by atoms with E-state index in [0.717, 1.165) is 33.1 Å². The van der Waals surface area contributed by atoms with Crippen LogP contribution in [0.4, 0.5) is 11.4 Å². The van der Waals surface area contributed by atoms with Gasteiger partial charge in [0.2, 0.25) is 0 Å². The van der Waals surface area contributed by atoms with Crippen LogP contribution in [-0.4, -0.2) is 65.3 Å². The predicted octanol–water partition coefficient (Wildman–Crippen LogP) is 3.11. The number of aliphatic carboxylic acids is 2. The Kier molecular flexibility index (Phi) is 8.31. The van der Waals surface area contributed by atoms with Gasteiger partial charge in [-0.15, -0.1) is 0 Å². The molecule has 0 bridgehead atoms. The van der Waals surface area contributed by atoms with Gasteiger partial charge < -0.3 is 25.5 Å². The number of anilines is 1. The smallest absolute Gasteiger partial charge is 0.335 e. The Hall–Kier alpha value is -4.44. The van der Waals surface area contributed by atoms with Gasteiger partial charge in [-0.2, -0.15) is 0 Å². The van der Waals surface area contributed by atoms with Crippen molar-refractivity contribution in [3.63, 3.8) is 0 Å². The van der Waals surface area contributed by atoms with E-state index in [2.05, 4.69) is 5.32 Å². The Morgan fingerprint density at radius 2 is 1.57 bits per heavy atom. The lowest BCUT2D eigenvalue weighted by Crippen LogP contribution is -3.10. The van der Waals surface area contributed by atoms with Crippen LogP contribution < -0.4 is 15.1 Å². The Labute approximate surface area is 244 Å². The van der Waals surface area contributed by atoms with Gasteiger partial charge in [-0.25, -0.2) is 4.79 Å². The summed E-state index contributed by atoms with van der Waals surface area (Å²) in [5, 5.41) is 31.1. The molecule has 4 rings (SSSR count). The number of carboxylic acid groups (broad SMARTS) is 3. The number of carboxylic acids is 3. The topological polar surface area (TPSA) is 149 Å². The van der Waals surface area contributed by atoms with Gasteiger partial charge >= 0.3 is 17.9 Å². The van der Waals surface area contributed by atoms with Crippen LogP contribution in [0.15, 0.2) is 60.3 Å². The summed E-state index contributed by atoms with van der Waals surface area (Å²) in [4.78, 5) is 50.0. The number of carbonyl (C=O) groups excluding carboxylic acids is 1. The SMILES string of the molecule is CNC(=O)c1ccc2c(c1)C(C)(C)/C(=C\C=C\C1[NH+](CCC(=O)O)c3ccc(C(=O)O)cc3C1(C)C)N2CCC(=O)O. The zero-order valence-electron chi connectivity index (χ0n) is 24.5. The van der Waals surface area contributed by atoms with Crippen LogP contribution in [0.1, 0.15) is 72.4 Å². The van der Waals surface area contributed by atoms with Crippen molar-refractivity contribution in [2.45, 2.75) is 57.4 Å². The molecule has 0 radical (unpaired) electrons. The zero-order valence-corrected chi connectivity index (χ0v) is 24.5. The van der Waals surface area contributed by atoms with E-state index in [0.29, 0.717) is 12.1 Å². The number of fused-ring (bicyclic) bond motifs is 2. The second kappa shape index (κ2) is 11.4. The highest BCUT2D eigenvalue weighted by atomic mass is 16.4. The summed E-state index contributed by atoms with van der Waals surface area (Å²) < 4.78 is 0. The van der Waals surface area contributed by atoms with Crippen LogP contribution in [-0.2, 0) is 20.4 Å². The van der Waals surface area contributed by atoms with Crippen LogP contribution in [0.5, 0.6) is 0 Å². The normalized spacial score (nSPS) is 20.9. The van der Waals surface area contributed by atoms with E-state index in [-0.39, 0.29) is 36.9 Å². The second-order valence-electron chi connectivity index (χ2n) is 11.9. The third-order valence-corrected chi connectivity index (χ3v) is 8.56. The monoisotopic (exact) mass is 576 g/mol. The molecule has 10 heteroatoms. The number of nitrogens with one attached hydrogen (secondary N) is 2. The Morgan fingerprint density at radius 1 is 0.929 bits per heavy atom. The van der Waals surface area contributed by atoms with Crippen molar-refractivity contribution >= 4 is 35.2 Å². The highest BCUT2D eigenvalue weighted by Crippen LogP contribution is 2.48. The van der Waals surface area contributed by atoms with Crippen molar-refractivity contribution in [3.05, 3.63) is 82.6 Å². The largest absolute Gasteiger partial charge is 0.481 e. The second-order valence-corrected chi connectivity index (χ2v) is 11.9. The van der Waals surface area contributed by atoms with Crippen molar-refractivity contribution in [2.75, 3.05) is 25.0 Å². The molecule has 42 heavy (non-hydrogen) atoms. The summed E-state index contributed by atoms with van der Waals surface area (Å²) in [5.41, 5.74) is 4.04. The number of allylic oxidation sites excluding steroid dienone is 3. The van der Waals surface area contributed by atoms with E-state index in [1.165, 1.54) is 0 Å². The van der Waals surface area contributed by atoms with Crippen molar-refractivity contribution < 1.29 is 39.4 Å². The molecule has 2 unspecified atom stereocenters. The number of nitrogens with zero attached hydrogens (tertiary/aromatic N) is 1. The van der Waals surface area contributed by atoms with Crippen molar-refractivity contribution in [3.8, 4) is 0 Å². The van der Waals surface area contributed by atoms with E-state index in [9.17, 15) is 34.5 Å². The molecule has 2 aromatic rings. The number of quaternary nitrogens is 1. The maximum atomic E-state index is 12.4. The first-order chi connectivity index (χ1) is 19.7. The zero-order chi connectivity index (χ0) is 31.0. The molecule has 0 saturated carbocycles. The number of benzene rings is 2. The van der Waals surface area contributed by atoms with Crippen LogP contribution >= 0.6 is 0 Å². The lowest BCUT2D eigenvalue weighted by molar-refractivity contribution is -0.849. The van der Waals surface area contributed by atoms with Gasteiger partial charge in [-0.1, -0.05) is 19.9 Å². The third kappa shape index (κ3) is 5.54. The minimum atomic E-state index is -1.02. The van der Waals surface area contributed by atoms with Gasteiger partial charge in [0.25, 0.3) is 5.91 Å². The Bertz CT molecular complexity index is 1510. The van der Waals surface area contributed by atoms with Crippen LogP contribution in [0.2, 0.25) is 0 Å². The number of aromatic carboxylic acids is 1. The van der Waals surface area contributed by atoms with Crippen molar-refractivity contribution in [1.82, 2.24) is 5.32 Å². The van der Waals surface area contributed by atoms with E-state index in [1.54, 1.807) is 31.3 Å². The lowest BCUT2D eigenvalue weighted by atomic mass is 9.79. The van der Waals surface area contributed by atoms with Crippen molar-refractivity contribution in [1.29, 1.82) is 0 Å². The highest BCUT2D eigenvalue weighted by molar-refractivity contribution is 5.95. The fourth-order valence-electron chi connectivity index (χ4n) is 6.32. The Morgan fingerprint density at radius 3 is 2.19 bits per heavy atom. The first kappa shape index (κ1) is 30.5. The molecule has 0 aliphatic carbocycles. The number of amides is 1. The van der Waals surface area contributed by atoms with Gasteiger partial charge in [-0.3, -0.25) is 19.3 Å². The van der Waals surface area contributed by atoms with Crippen LogP contribution in [0.3, 0.4) is 0 Å². The van der Waals surface area contributed by atoms with Gasteiger partial charge in [-0.05, 0) is 61.9 Å². The molecule has 2 aromatic carbocycles. The minimum absolute atomic E-state index is 0.0457. The number of carbonyl (C=O) groups is 4. The molecule has 2 heterocycles. The molecule has 0 spiro atoms. The molecule has 2 aliphatic heterocycles. The molecule has 0 saturated heterocycles. The number of hydrogen-bond acceptors (Lipinski definition) is 5. The number of hydrogen-bond donors (Lipinski definition) is 5. The first-order valence-corrected chi connectivity index (χ1v) is 13.9. The fourth-order valence-corrected chi connectivity index (χ4v) is 6.32. The minimum Gasteiger partial charge on any atom is -0.481 e. The molecule has 2 aliphatic rings. The van der Waals surface area contributed by atoms with Gasteiger partial charge in [0, 0.05) is 47.6 Å². The molecule has 0 aromatic heterocycles. The maximum Gasteiger partial charge on any atom is 0.335 e. The quantitative estimate of drug-likeness (QED) is 0.290. The van der Waals surface area contributed by atoms with E-state index >= 15 is 0 Å². The molecule has 1 amide bonds. The van der Waals surface area contributed by atoms with Crippen LogP contribution in [0.25, 0.3) is 0 Å². The summed E-state index contributed by atoms with van der Waals surface area (Å²) in [6, 6.07) is 10.2.